The van der Waals surface area contributed by atoms with Gasteiger partial charge >= 0.3 is 0 Å². The molecule has 0 aromatic heterocycles. The van der Waals surface area contributed by atoms with Crippen LogP contribution in [0.3, 0.4) is 0 Å². The summed E-state index contributed by atoms with van der Waals surface area (Å²) >= 11 is 0. The Kier molecular flexibility index (Phi) is 2.62. The molecule has 1 aromatic rings. The number of aryl methyl sites for hydroxylation is 1. The average molecular weight is 217 g/mol. The smallest absolute Gasteiger partial charge is 0.0196 e. The Morgan fingerprint density at radius 3 is 2.31 bits per heavy atom. The van der Waals surface area contributed by atoms with Gasteiger partial charge in [-0.2, -0.15) is 0 Å². The van der Waals surface area contributed by atoms with Gasteiger partial charge in [-0.05, 0) is 48.3 Å². The third kappa shape index (κ3) is 2.46. The lowest BCUT2D eigenvalue weighted by atomic mass is 9.84. The van der Waals surface area contributed by atoms with Gasteiger partial charge in [-0.15, -0.1) is 0 Å². The van der Waals surface area contributed by atoms with Crippen LogP contribution in [0.1, 0.15) is 50.3 Å². The molecule has 16 heavy (non-hydrogen) atoms. The van der Waals surface area contributed by atoms with E-state index in [0.717, 1.165) is 6.42 Å². The normalized spacial score (nSPS) is 18.6. The zero-order valence-electron chi connectivity index (χ0n) is 10.9. The van der Waals surface area contributed by atoms with Crippen molar-refractivity contribution in [3.8, 4) is 0 Å². The van der Waals surface area contributed by atoms with E-state index < -0.39 is 0 Å². The number of rotatable bonds is 2. The number of hydrogen-bond acceptors (Lipinski definition) is 1. The lowest BCUT2D eigenvalue weighted by Gasteiger charge is -2.21. The van der Waals surface area contributed by atoms with E-state index in [2.05, 4.69) is 45.9 Å². The van der Waals surface area contributed by atoms with Crippen LogP contribution in [0, 0.1) is 6.92 Å². The van der Waals surface area contributed by atoms with E-state index in [0.29, 0.717) is 0 Å². The summed E-state index contributed by atoms with van der Waals surface area (Å²) in [6.07, 6.45) is 3.42. The maximum Gasteiger partial charge on any atom is 0.0196 e. The maximum atomic E-state index is 6.17. The molecule has 1 aromatic carbocycles. The summed E-state index contributed by atoms with van der Waals surface area (Å²) in [6.45, 7) is 8.97. The van der Waals surface area contributed by atoms with Gasteiger partial charge in [-0.1, -0.05) is 39.0 Å². The van der Waals surface area contributed by atoms with Crippen LogP contribution in [-0.4, -0.2) is 5.54 Å². The highest BCUT2D eigenvalue weighted by molar-refractivity contribution is 5.36. The summed E-state index contributed by atoms with van der Waals surface area (Å²) < 4.78 is 0. The monoisotopic (exact) mass is 217 g/mol. The standard InChI is InChI=1S/C15H23N/c1-11-9-13(14(2,3)4)6-5-12(11)10-15(16)7-8-15/h5-6,9H,7-8,10,16H2,1-4H3. The molecule has 1 aliphatic carbocycles. The highest BCUT2D eigenvalue weighted by atomic mass is 14.8. The van der Waals surface area contributed by atoms with Gasteiger partial charge in [0, 0.05) is 5.54 Å². The summed E-state index contributed by atoms with van der Waals surface area (Å²) in [5.41, 5.74) is 10.8. The van der Waals surface area contributed by atoms with E-state index in [1.165, 1.54) is 29.5 Å². The largest absolute Gasteiger partial charge is 0.325 e. The molecule has 1 fully saturated rings. The van der Waals surface area contributed by atoms with Crippen LogP contribution < -0.4 is 5.73 Å². The molecule has 2 N–H and O–H groups in total. The second-order valence-corrected chi connectivity index (χ2v) is 6.43. The molecule has 1 aliphatic rings. The molecule has 1 heteroatoms. The van der Waals surface area contributed by atoms with Crippen molar-refractivity contribution in [1.29, 1.82) is 0 Å². The molecule has 0 bridgehead atoms. The van der Waals surface area contributed by atoms with Crippen LogP contribution in [0.2, 0.25) is 0 Å². The van der Waals surface area contributed by atoms with E-state index in [1.807, 2.05) is 0 Å². The van der Waals surface area contributed by atoms with Crippen molar-refractivity contribution in [1.82, 2.24) is 0 Å². The van der Waals surface area contributed by atoms with Crippen molar-refractivity contribution in [2.75, 3.05) is 0 Å². The van der Waals surface area contributed by atoms with Gasteiger partial charge in [-0.3, -0.25) is 0 Å². The van der Waals surface area contributed by atoms with E-state index in [9.17, 15) is 0 Å². The molecular weight excluding hydrogens is 194 g/mol. The first-order chi connectivity index (χ1) is 7.30. The third-order valence-corrected chi connectivity index (χ3v) is 3.64. The second kappa shape index (κ2) is 3.59. The minimum Gasteiger partial charge on any atom is -0.325 e. The number of benzene rings is 1. The predicted molar refractivity (Wildman–Crippen MR) is 69.7 cm³/mol. The molecule has 2 rings (SSSR count). The molecule has 0 aliphatic heterocycles. The van der Waals surface area contributed by atoms with Crippen molar-refractivity contribution < 1.29 is 0 Å². The van der Waals surface area contributed by atoms with Crippen molar-refractivity contribution in [3.63, 3.8) is 0 Å². The molecule has 1 nitrogen and oxygen atoms in total. The topological polar surface area (TPSA) is 26.0 Å². The molecule has 0 saturated heterocycles. The van der Waals surface area contributed by atoms with Crippen LogP contribution in [0.15, 0.2) is 18.2 Å². The number of nitrogens with two attached hydrogens (primary N) is 1. The van der Waals surface area contributed by atoms with Gasteiger partial charge in [0.1, 0.15) is 0 Å². The van der Waals surface area contributed by atoms with Crippen LogP contribution in [0.5, 0.6) is 0 Å². The lowest BCUT2D eigenvalue weighted by Crippen LogP contribution is -2.25. The van der Waals surface area contributed by atoms with E-state index >= 15 is 0 Å². The molecule has 0 heterocycles. The third-order valence-electron chi connectivity index (χ3n) is 3.64. The second-order valence-electron chi connectivity index (χ2n) is 6.43. The van der Waals surface area contributed by atoms with Gasteiger partial charge in [0.05, 0.1) is 0 Å². The van der Waals surface area contributed by atoms with Crippen molar-refractivity contribution in [3.05, 3.63) is 34.9 Å². The Balaban J connectivity index is 2.23. The fraction of sp³-hybridized carbons (Fsp3) is 0.600. The summed E-state index contributed by atoms with van der Waals surface area (Å²) in [6, 6.07) is 6.85. The Bertz CT molecular complexity index is 394. The van der Waals surface area contributed by atoms with Crippen molar-refractivity contribution in [2.24, 2.45) is 5.73 Å². The molecular formula is C15H23N. The van der Waals surface area contributed by atoms with E-state index in [4.69, 9.17) is 5.73 Å². The zero-order chi connectivity index (χ0) is 12.0. The fourth-order valence-electron chi connectivity index (χ4n) is 2.08. The lowest BCUT2D eigenvalue weighted by molar-refractivity contribution is 0.588. The first-order valence-electron chi connectivity index (χ1n) is 6.19. The van der Waals surface area contributed by atoms with Gasteiger partial charge in [0.25, 0.3) is 0 Å². The fourth-order valence-corrected chi connectivity index (χ4v) is 2.08. The van der Waals surface area contributed by atoms with Crippen molar-refractivity contribution in [2.45, 2.75) is 57.9 Å². The van der Waals surface area contributed by atoms with Crippen LogP contribution in [-0.2, 0) is 11.8 Å². The van der Waals surface area contributed by atoms with Gasteiger partial charge in [0.2, 0.25) is 0 Å². The summed E-state index contributed by atoms with van der Waals surface area (Å²) in [5, 5.41) is 0. The molecule has 0 atom stereocenters. The Morgan fingerprint density at radius 1 is 1.25 bits per heavy atom. The minimum atomic E-state index is 0.119. The molecule has 0 unspecified atom stereocenters. The van der Waals surface area contributed by atoms with Crippen LogP contribution in [0.25, 0.3) is 0 Å². The summed E-state index contributed by atoms with van der Waals surface area (Å²) in [4.78, 5) is 0. The van der Waals surface area contributed by atoms with Gasteiger partial charge in [0.15, 0.2) is 0 Å². The van der Waals surface area contributed by atoms with Crippen molar-refractivity contribution >= 4 is 0 Å². The first-order valence-corrected chi connectivity index (χ1v) is 6.19. The van der Waals surface area contributed by atoms with E-state index in [1.54, 1.807) is 0 Å². The molecule has 0 radical (unpaired) electrons. The Morgan fingerprint density at radius 2 is 1.88 bits per heavy atom. The number of hydrogen-bond donors (Lipinski definition) is 1. The van der Waals surface area contributed by atoms with Gasteiger partial charge < -0.3 is 5.73 Å². The summed E-state index contributed by atoms with van der Waals surface area (Å²) in [7, 11) is 0. The zero-order valence-corrected chi connectivity index (χ0v) is 10.9. The molecule has 88 valence electrons. The molecule has 0 amide bonds. The predicted octanol–water partition coefficient (Wildman–Crippen LogP) is 3.33. The SMILES string of the molecule is Cc1cc(C(C)(C)C)ccc1CC1(N)CC1. The highest BCUT2D eigenvalue weighted by Crippen LogP contribution is 2.36. The van der Waals surface area contributed by atoms with Gasteiger partial charge in [-0.25, -0.2) is 0 Å². The first kappa shape index (κ1) is 11.7. The maximum absolute atomic E-state index is 6.17. The van der Waals surface area contributed by atoms with Crippen LogP contribution >= 0.6 is 0 Å². The quantitative estimate of drug-likeness (QED) is 0.808. The molecule has 1 saturated carbocycles. The average Bonchev–Trinajstić information content (AvgIpc) is 2.86. The Hall–Kier alpha value is -0.820. The van der Waals surface area contributed by atoms with E-state index in [-0.39, 0.29) is 11.0 Å². The molecule has 0 spiro atoms. The minimum absolute atomic E-state index is 0.119. The van der Waals surface area contributed by atoms with Crippen LogP contribution in [0.4, 0.5) is 0 Å². The highest BCUT2D eigenvalue weighted by Gasteiger charge is 2.38. The Labute approximate surface area is 99.0 Å². The summed E-state index contributed by atoms with van der Waals surface area (Å²) in [5.74, 6) is 0.